The molecule has 7 nitrogen and oxygen atoms in total. The Hall–Kier alpha value is -1.76. The number of carbonyl (C=O) groups excluding carboxylic acids is 2. The standard InChI is InChI=1S/C23H39NO6/c1-8-18(25)28-15(2)19(26)20-17(14-16-12-10-9-11-13-16)24(23(6,7)29-20)21(27)30-22(3,4)5/h16-17,20,26H,8-14H2,1-7H3/t17-,20-/m1/s1. The Labute approximate surface area is 180 Å². The van der Waals surface area contributed by atoms with Crippen LogP contribution in [0.1, 0.15) is 93.4 Å². The zero-order valence-electron chi connectivity index (χ0n) is 19.6. The number of rotatable bonds is 5. The maximum absolute atomic E-state index is 13.1. The van der Waals surface area contributed by atoms with Gasteiger partial charge in [-0.25, -0.2) is 4.79 Å². The number of nitrogens with zero attached hydrogens (tertiary/aromatic N) is 1. The van der Waals surface area contributed by atoms with Crippen LogP contribution in [0.2, 0.25) is 0 Å². The third-order valence-corrected chi connectivity index (χ3v) is 5.75. The van der Waals surface area contributed by atoms with Crippen LogP contribution in [0, 0.1) is 5.92 Å². The van der Waals surface area contributed by atoms with E-state index in [-0.39, 0.29) is 17.9 Å². The van der Waals surface area contributed by atoms with Crippen molar-refractivity contribution in [3.05, 3.63) is 11.5 Å². The Morgan fingerprint density at radius 1 is 1.17 bits per heavy atom. The molecular formula is C23H39NO6. The van der Waals surface area contributed by atoms with Gasteiger partial charge >= 0.3 is 12.1 Å². The molecule has 30 heavy (non-hydrogen) atoms. The molecule has 2 aliphatic rings. The first-order chi connectivity index (χ1) is 13.9. The molecular weight excluding hydrogens is 386 g/mol. The first kappa shape index (κ1) is 24.5. The van der Waals surface area contributed by atoms with Gasteiger partial charge in [-0.3, -0.25) is 9.69 Å². The van der Waals surface area contributed by atoms with Crippen molar-refractivity contribution in [2.24, 2.45) is 5.92 Å². The molecule has 0 aromatic carbocycles. The van der Waals surface area contributed by atoms with Crippen LogP contribution in [0.15, 0.2) is 11.5 Å². The maximum atomic E-state index is 13.1. The number of aliphatic hydroxyl groups excluding tert-OH is 1. The molecule has 1 saturated heterocycles. The fourth-order valence-corrected chi connectivity index (χ4v) is 4.37. The van der Waals surface area contributed by atoms with E-state index in [0.29, 0.717) is 12.3 Å². The summed E-state index contributed by atoms with van der Waals surface area (Å²) in [6.45, 7) is 12.3. The second kappa shape index (κ2) is 9.58. The topological polar surface area (TPSA) is 85.3 Å². The molecule has 0 bridgehead atoms. The Morgan fingerprint density at radius 3 is 2.30 bits per heavy atom. The van der Waals surface area contributed by atoms with E-state index >= 15 is 0 Å². The largest absolute Gasteiger partial charge is 0.506 e. The molecule has 0 radical (unpaired) electrons. The van der Waals surface area contributed by atoms with Gasteiger partial charge in [-0.15, -0.1) is 0 Å². The van der Waals surface area contributed by atoms with Gasteiger partial charge in [-0.2, -0.15) is 0 Å². The number of amides is 1. The summed E-state index contributed by atoms with van der Waals surface area (Å²) >= 11 is 0. The highest BCUT2D eigenvalue weighted by Gasteiger charge is 2.53. The van der Waals surface area contributed by atoms with Crippen LogP contribution in [0.4, 0.5) is 4.79 Å². The van der Waals surface area contributed by atoms with E-state index in [1.165, 1.54) is 19.3 Å². The van der Waals surface area contributed by atoms with Gasteiger partial charge in [0.1, 0.15) is 23.2 Å². The van der Waals surface area contributed by atoms with E-state index in [9.17, 15) is 14.7 Å². The van der Waals surface area contributed by atoms with E-state index in [1.54, 1.807) is 32.6 Å². The zero-order chi connectivity index (χ0) is 22.7. The lowest BCUT2D eigenvalue weighted by atomic mass is 9.83. The predicted octanol–water partition coefficient (Wildman–Crippen LogP) is 5.44. The first-order valence-electron chi connectivity index (χ1n) is 11.2. The van der Waals surface area contributed by atoms with Crippen molar-refractivity contribution >= 4 is 12.1 Å². The SMILES string of the molecule is CCC(=O)OC(C)=C(O)[C@@H]1OC(C)(C)N(C(=O)OC(C)(C)C)[C@@H]1CC1CCCCC1. The molecule has 0 aromatic heterocycles. The maximum Gasteiger partial charge on any atom is 0.412 e. The van der Waals surface area contributed by atoms with E-state index < -0.39 is 35.5 Å². The lowest BCUT2D eigenvalue weighted by Crippen LogP contribution is -2.51. The van der Waals surface area contributed by atoms with E-state index in [0.717, 1.165) is 12.8 Å². The number of esters is 1. The second-order valence-corrected chi connectivity index (χ2v) is 9.91. The van der Waals surface area contributed by atoms with Gasteiger partial charge in [-0.1, -0.05) is 39.0 Å². The molecule has 0 aromatic rings. The molecule has 1 amide bonds. The summed E-state index contributed by atoms with van der Waals surface area (Å²) in [5.41, 5.74) is -1.62. The van der Waals surface area contributed by atoms with Gasteiger partial charge in [-0.05, 0) is 53.9 Å². The van der Waals surface area contributed by atoms with Gasteiger partial charge in [0, 0.05) is 6.42 Å². The summed E-state index contributed by atoms with van der Waals surface area (Å²) in [5.74, 6) is -0.0109. The summed E-state index contributed by atoms with van der Waals surface area (Å²) in [6, 6.07) is -0.409. The summed E-state index contributed by atoms with van der Waals surface area (Å²) in [5, 5.41) is 10.9. The quantitative estimate of drug-likeness (QED) is 0.466. The fourth-order valence-electron chi connectivity index (χ4n) is 4.37. The average molecular weight is 426 g/mol. The monoisotopic (exact) mass is 425 g/mol. The minimum Gasteiger partial charge on any atom is -0.506 e. The molecule has 1 aliphatic heterocycles. The second-order valence-electron chi connectivity index (χ2n) is 9.91. The van der Waals surface area contributed by atoms with Gasteiger partial charge < -0.3 is 19.3 Å². The number of aliphatic hydroxyl groups is 1. The number of allylic oxidation sites excluding steroid dienone is 1. The Morgan fingerprint density at radius 2 is 1.77 bits per heavy atom. The molecule has 172 valence electrons. The highest BCUT2D eigenvalue weighted by molar-refractivity contribution is 5.71. The molecule has 2 fully saturated rings. The molecule has 1 saturated carbocycles. The highest BCUT2D eigenvalue weighted by Crippen LogP contribution is 2.41. The van der Waals surface area contributed by atoms with Gasteiger partial charge in [0.25, 0.3) is 0 Å². The smallest absolute Gasteiger partial charge is 0.412 e. The predicted molar refractivity (Wildman–Crippen MR) is 114 cm³/mol. The lowest BCUT2D eigenvalue weighted by Gasteiger charge is -2.36. The minimum atomic E-state index is -0.977. The van der Waals surface area contributed by atoms with Crippen LogP contribution >= 0.6 is 0 Å². The van der Waals surface area contributed by atoms with Crippen molar-refractivity contribution in [1.82, 2.24) is 4.90 Å². The van der Waals surface area contributed by atoms with Crippen LogP contribution in [0.25, 0.3) is 0 Å². The van der Waals surface area contributed by atoms with Gasteiger partial charge in [0.2, 0.25) is 0 Å². The fraction of sp³-hybridized carbons (Fsp3) is 0.826. The number of ether oxygens (including phenoxy) is 3. The number of hydrogen-bond donors (Lipinski definition) is 1. The Kier molecular flexibility index (Phi) is 7.83. The third-order valence-electron chi connectivity index (χ3n) is 5.75. The Balaban J connectivity index is 2.37. The third kappa shape index (κ3) is 6.13. The number of hydrogen-bond acceptors (Lipinski definition) is 6. The molecule has 1 heterocycles. The normalized spacial score (nSPS) is 25.6. The average Bonchev–Trinajstić information content (AvgIpc) is 2.90. The van der Waals surface area contributed by atoms with Crippen LogP contribution in [-0.4, -0.2) is 45.5 Å². The van der Waals surface area contributed by atoms with E-state index in [1.807, 2.05) is 20.8 Å². The van der Waals surface area contributed by atoms with Crippen molar-refractivity contribution in [3.63, 3.8) is 0 Å². The van der Waals surface area contributed by atoms with Crippen molar-refractivity contribution < 1.29 is 28.9 Å². The first-order valence-corrected chi connectivity index (χ1v) is 11.2. The summed E-state index contributed by atoms with van der Waals surface area (Å²) in [6.07, 6.45) is 5.44. The van der Waals surface area contributed by atoms with Crippen LogP contribution in [0.5, 0.6) is 0 Å². The van der Waals surface area contributed by atoms with Crippen molar-refractivity contribution in [3.8, 4) is 0 Å². The summed E-state index contributed by atoms with van der Waals surface area (Å²) in [4.78, 5) is 26.4. The minimum absolute atomic E-state index is 0.113. The van der Waals surface area contributed by atoms with Crippen LogP contribution in [0.3, 0.4) is 0 Å². The Bertz CT molecular complexity index is 657. The van der Waals surface area contributed by atoms with Crippen molar-refractivity contribution in [2.45, 2.75) is 117 Å². The van der Waals surface area contributed by atoms with Crippen molar-refractivity contribution in [1.29, 1.82) is 0 Å². The molecule has 1 aliphatic carbocycles. The van der Waals surface area contributed by atoms with E-state index in [2.05, 4.69) is 0 Å². The molecule has 2 rings (SSSR count). The molecule has 0 unspecified atom stereocenters. The van der Waals surface area contributed by atoms with Crippen LogP contribution in [-0.2, 0) is 19.0 Å². The highest BCUT2D eigenvalue weighted by atomic mass is 16.6. The van der Waals surface area contributed by atoms with Gasteiger partial charge in [0.15, 0.2) is 5.76 Å². The molecule has 7 heteroatoms. The molecule has 0 spiro atoms. The molecule has 2 atom stereocenters. The molecule has 1 N–H and O–H groups in total. The summed E-state index contributed by atoms with van der Waals surface area (Å²) in [7, 11) is 0. The van der Waals surface area contributed by atoms with Crippen LogP contribution < -0.4 is 0 Å². The van der Waals surface area contributed by atoms with E-state index in [4.69, 9.17) is 14.2 Å². The summed E-state index contributed by atoms with van der Waals surface area (Å²) < 4.78 is 17.1. The van der Waals surface area contributed by atoms with Crippen molar-refractivity contribution in [2.75, 3.05) is 0 Å². The lowest BCUT2D eigenvalue weighted by molar-refractivity contribution is -0.139. The number of carbonyl (C=O) groups is 2. The van der Waals surface area contributed by atoms with Gasteiger partial charge in [0.05, 0.1) is 6.04 Å². The zero-order valence-corrected chi connectivity index (χ0v) is 19.6.